The summed E-state index contributed by atoms with van der Waals surface area (Å²) in [6.45, 7) is 5.14. The van der Waals surface area contributed by atoms with Crippen LogP contribution < -0.4 is 0 Å². The maximum Gasteiger partial charge on any atom is 0.167 e. The van der Waals surface area contributed by atoms with Crippen LogP contribution in [-0.2, 0) is 11.2 Å². The van der Waals surface area contributed by atoms with E-state index in [1.807, 2.05) is 48.5 Å². The highest BCUT2D eigenvalue weighted by atomic mass is 19.2. The Hall–Kier alpha value is -2.52. The van der Waals surface area contributed by atoms with Crippen LogP contribution in [0.3, 0.4) is 0 Å². The second-order valence-corrected chi connectivity index (χ2v) is 8.91. The largest absolute Gasteiger partial charge is 0.373 e. The Morgan fingerprint density at radius 3 is 1.84 bits per heavy atom. The van der Waals surface area contributed by atoms with Gasteiger partial charge in [-0.05, 0) is 53.9 Å². The van der Waals surface area contributed by atoms with Gasteiger partial charge in [0.1, 0.15) is 0 Å². The summed E-state index contributed by atoms with van der Waals surface area (Å²) < 4.78 is 36.0. The van der Waals surface area contributed by atoms with Crippen LogP contribution in [0.5, 0.6) is 0 Å². The summed E-state index contributed by atoms with van der Waals surface area (Å²) in [6.07, 6.45) is 6.74. The first-order chi connectivity index (χ1) is 15.6. The molecule has 1 heterocycles. The van der Waals surface area contributed by atoms with E-state index in [0.717, 1.165) is 31.4 Å². The molecule has 0 aromatic heterocycles. The molecule has 0 radical (unpaired) electrons. The van der Waals surface area contributed by atoms with E-state index in [4.69, 9.17) is 4.74 Å². The normalized spacial score (nSPS) is 18.6. The van der Waals surface area contributed by atoms with Gasteiger partial charge in [-0.3, -0.25) is 0 Å². The van der Waals surface area contributed by atoms with Crippen molar-refractivity contribution in [3.8, 4) is 22.3 Å². The molecule has 1 aliphatic rings. The fraction of sp³-hybridized carbons (Fsp3) is 0.379. The van der Waals surface area contributed by atoms with E-state index in [1.165, 1.54) is 24.8 Å². The van der Waals surface area contributed by atoms with E-state index in [1.54, 1.807) is 12.1 Å². The predicted octanol–water partition coefficient (Wildman–Crippen LogP) is 8.52. The smallest absolute Gasteiger partial charge is 0.167 e. The molecule has 0 aliphatic carbocycles. The Balaban J connectivity index is 1.51. The van der Waals surface area contributed by atoms with Crippen molar-refractivity contribution >= 4 is 0 Å². The van der Waals surface area contributed by atoms with E-state index in [0.29, 0.717) is 22.6 Å². The highest BCUT2D eigenvalue weighted by Gasteiger charge is 2.23. The molecule has 1 nitrogen and oxygen atoms in total. The van der Waals surface area contributed by atoms with E-state index >= 15 is 4.39 Å². The molecule has 0 saturated carbocycles. The van der Waals surface area contributed by atoms with Crippen LogP contribution in [0, 0.1) is 17.6 Å². The van der Waals surface area contributed by atoms with Crippen molar-refractivity contribution in [3.63, 3.8) is 0 Å². The van der Waals surface area contributed by atoms with E-state index < -0.39 is 11.6 Å². The maximum absolute atomic E-state index is 15.0. The van der Waals surface area contributed by atoms with Crippen molar-refractivity contribution in [1.29, 1.82) is 0 Å². The molecule has 4 rings (SSSR count). The molecule has 32 heavy (non-hydrogen) atoms. The summed E-state index contributed by atoms with van der Waals surface area (Å²) in [5.41, 5.74) is 4.26. The third-order valence-electron chi connectivity index (χ3n) is 6.55. The molecule has 1 saturated heterocycles. The van der Waals surface area contributed by atoms with Crippen LogP contribution in [0.4, 0.5) is 8.78 Å². The minimum atomic E-state index is -0.802. The molecule has 3 aromatic rings. The Kier molecular flexibility index (Phi) is 7.36. The van der Waals surface area contributed by atoms with Crippen molar-refractivity contribution in [3.05, 3.63) is 83.4 Å². The summed E-state index contributed by atoms with van der Waals surface area (Å²) in [7, 11) is 0. The molecule has 168 valence electrons. The van der Waals surface area contributed by atoms with Crippen molar-refractivity contribution in [2.45, 2.75) is 58.5 Å². The molecule has 2 atom stereocenters. The second kappa shape index (κ2) is 10.4. The van der Waals surface area contributed by atoms with E-state index in [9.17, 15) is 4.39 Å². The lowest BCUT2D eigenvalue weighted by Gasteiger charge is -2.29. The van der Waals surface area contributed by atoms with E-state index in [-0.39, 0.29) is 11.7 Å². The fourth-order valence-electron chi connectivity index (χ4n) is 4.72. The van der Waals surface area contributed by atoms with Gasteiger partial charge in [0.15, 0.2) is 11.6 Å². The zero-order valence-electron chi connectivity index (χ0n) is 19.0. The Morgan fingerprint density at radius 2 is 1.34 bits per heavy atom. The lowest BCUT2D eigenvalue weighted by atomic mass is 9.91. The number of hydrogen-bond acceptors (Lipinski definition) is 1. The molecule has 2 unspecified atom stereocenters. The fourth-order valence-corrected chi connectivity index (χ4v) is 4.72. The molecule has 0 N–H and O–H groups in total. The van der Waals surface area contributed by atoms with E-state index in [2.05, 4.69) is 13.8 Å². The molecular weight excluding hydrogens is 402 g/mol. The number of benzene rings is 3. The lowest BCUT2D eigenvalue weighted by molar-refractivity contribution is -0.0194. The quantitative estimate of drug-likeness (QED) is 0.362. The van der Waals surface area contributed by atoms with Gasteiger partial charge in [-0.25, -0.2) is 8.78 Å². The first-order valence-corrected chi connectivity index (χ1v) is 11.9. The van der Waals surface area contributed by atoms with Crippen molar-refractivity contribution in [2.75, 3.05) is 6.61 Å². The van der Waals surface area contributed by atoms with Gasteiger partial charge >= 0.3 is 0 Å². The molecule has 0 bridgehead atoms. The number of ether oxygens (including phenoxy) is 1. The summed E-state index contributed by atoms with van der Waals surface area (Å²) in [5.74, 6) is -0.939. The van der Waals surface area contributed by atoms with Crippen molar-refractivity contribution in [2.24, 2.45) is 5.92 Å². The molecular formula is C29H32F2O. The molecule has 1 fully saturated rings. The minimum Gasteiger partial charge on any atom is -0.373 e. The van der Waals surface area contributed by atoms with Gasteiger partial charge in [0, 0.05) is 11.1 Å². The maximum atomic E-state index is 15.0. The van der Waals surface area contributed by atoms with Crippen LogP contribution in [0.2, 0.25) is 0 Å². The zero-order chi connectivity index (χ0) is 22.5. The van der Waals surface area contributed by atoms with Crippen LogP contribution >= 0.6 is 0 Å². The van der Waals surface area contributed by atoms with Gasteiger partial charge < -0.3 is 4.74 Å². The van der Waals surface area contributed by atoms with Gasteiger partial charge in [0.2, 0.25) is 0 Å². The lowest BCUT2D eigenvalue weighted by Crippen LogP contribution is -2.20. The molecule has 1 aliphatic heterocycles. The molecule has 0 spiro atoms. The average molecular weight is 435 g/mol. The monoisotopic (exact) mass is 434 g/mol. The number of halogens is 2. The van der Waals surface area contributed by atoms with Crippen molar-refractivity contribution in [1.82, 2.24) is 0 Å². The van der Waals surface area contributed by atoms with Crippen LogP contribution in [-0.4, -0.2) is 6.61 Å². The number of rotatable bonds is 7. The summed E-state index contributed by atoms with van der Waals surface area (Å²) in [4.78, 5) is 0. The predicted molar refractivity (Wildman–Crippen MR) is 128 cm³/mol. The highest BCUT2D eigenvalue weighted by molar-refractivity contribution is 5.72. The third-order valence-corrected chi connectivity index (χ3v) is 6.55. The highest BCUT2D eigenvalue weighted by Crippen LogP contribution is 2.35. The summed E-state index contributed by atoms with van der Waals surface area (Å²) in [5, 5.41) is 0. The van der Waals surface area contributed by atoms with Crippen molar-refractivity contribution < 1.29 is 13.5 Å². The number of aryl methyl sites for hydroxylation is 1. The van der Waals surface area contributed by atoms with Crippen LogP contribution in [0.25, 0.3) is 22.3 Å². The summed E-state index contributed by atoms with van der Waals surface area (Å²) >= 11 is 0. The number of hydrogen-bond donors (Lipinski definition) is 0. The topological polar surface area (TPSA) is 9.23 Å². The van der Waals surface area contributed by atoms with Crippen LogP contribution in [0.1, 0.15) is 63.2 Å². The van der Waals surface area contributed by atoms with Gasteiger partial charge in [0.25, 0.3) is 0 Å². The standard InChI is InChI=1S/C29H32F2O/c1-3-5-20-7-10-22(11-8-20)25-16-17-26(29(31)28(25)30)23-12-14-24(15-13-23)27-18-9-21(6-4-2)19-32-27/h7-8,10-17,21,27H,3-6,9,18-19H2,1-2H3. The summed E-state index contributed by atoms with van der Waals surface area (Å²) in [6, 6.07) is 18.8. The van der Waals surface area contributed by atoms with Gasteiger partial charge in [-0.1, -0.05) is 87.4 Å². The zero-order valence-corrected chi connectivity index (χ0v) is 19.0. The van der Waals surface area contributed by atoms with Crippen LogP contribution in [0.15, 0.2) is 60.7 Å². The first kappa shape index (κ1) is 22.7. The second-order valence-electron chi connectivity index (χ2n) is 8.91. The van der Waals surface area contributed by atoms with Gasteiger partial charge in [-0.2, -0.15) is 0 Å². The molecule has 0 amide bonds. The Bertz CT molecular complexity index is 1020. The average Bonchev–Trinajstić information content (AvgIpc) is 2.83. The van der Waals surface area contributed by atoms with Gasteiger partial charge in [0.05, 0.1) is 12.7 Å². The Labute approximate surface area is 190 Å². The molecule has 3 heteroatoms. The molecule has 3 aromatic carbocycles. The van der Waals surface area contributed by atoms with Gasteiger partial charge in [-0.15, -0.1) is 0 Å². The first-order valence-electron chi connectivity index (χ1n) is 11.9. The minimum absolute atomic E-state index is 0.0943. The third kappa shape index (κ3) is 4.94. The SMILES string of the molecule is CCCc1ccc(-c2ccc(-c3ccc(C4CCC(CCC)CO4)cc3)c(F)c2F)cc1. The Morgan fingerprint density at radius 1 is 0.750 bits per heavy atom.